The van der Waals surface area contributed by atoms with Gasteiger partial charge in [-0.1, -0.05) is 6.07 Å². The molecule has 0 saturated heterocycles. The van der Waals surface area contributed by atoms with Gasteiger partial charge in [-0.3, -0.25) is 4.79 Å². The zero-order chi connectivity index (χ0) is 16.0. The second-order valence-electron chi connectivity index (χ2n) is 4.77. The van der Waals surface area contributed by atoms with Crippen LogP contribution in [-0.2, 0) is 4.79 Å². The summed E-state index contributed by atoms with van der Waals surface area (Å²) in [6.07, 6.45) is -4.51. The predicted octanol–water partition coefficient (Wildman–Crippen LogP) is 2.07. The van der Waals surface area contributed by atoms with E-state index < -0.39 is 31.8 Å². The van der Waals surface area contributed by atoms with E-state index in [2.05, 4.69) is 0 Å². The Bertz CT molecular complexity index is 469. The Labute approximate surface area is 121 Å². The van der Waals surface area contributed by atoms with Crippen LogP contribution in [0.3, 0.4) is 0 Å². The van der Waals surface area contributed by atoms with Crippen molar-refractivity contribution in [2.24, 2.45) is 0 Å². The molecule has 0 fully saturated rings. The van der Waals surface area contributed by atoms with Gasteiger partial charge < -0.3 is 14.7 Å². The SMILES string of the molecule is Cc1cc(C)cc(OCC(=O)N(CCO)CC(F)(F)F)c1. The maximum Gasteiger partial charge on any atom is 0.406 e. The molecule has 0 unspecified atom stereocenters. The Morgan fingerprint density at radius 3 is 2.29 bits per heavy atom. The van der Waals surface area contributed by atoms with Crippen molar-refractivity contribution in [3.8, 4) is 5.75 Å². The quantitative estimate of drug-likeness (QED) is 0.875. The average molecular weight is 305 g/mol. The molecule has 1 rings (SSSR count). The third-order valence-electron chi connectivity index (χ3n) is 2.65. The van der Waals surface area contributed by atoms with Crippen molar-refractivity contribution in [1.29, 1.82) is 0 Å². The third-order valence-corrected chi connectivity index (χ3v) is 2.65. The molecule has 0 spiro atoms. The molecule has 0 saturated carbocycles. The van der Waals surface area contributed by atoms with Crippen LogP contribution in [-0.4, -0.2) is 48.4 Å². The van der Waals surface area contributed by atoms with Crippen molar-refractivity contribution in [1.82, 2.24) is 4.90 Å². The number of hydrogen-bond acceptors (Lipinski definition) is 3. The first-order valence-corrected chi connectivity index (χ1v) is 6.38. The van der Waals surface area contributed by atoms with Crippen molar-refractivity contribution in [3.63, 3.8) is 0 Å². The number of nitrogens with zero attached hydrogens (tertiary/aromatic N) is 1. The highest BCUT2D eigenvalue weighted by atomic mass is 19.4. The molecule has 1 aromatic rings. The largest absolute Gasteiger partial charge is 0.484 e. The molecule has 0 atom stereocenters. The fourth-order valence-electron chi connectivity index (χ4n) is 1.88. The molecule has 21 heavy (non-hydrogen) atoms. The Morgan fingerprint density at radius 1 is 1.24 bits per heavy atom. The topological polar surface area (TPSA) is 49.8 Å². The van der Waals surface area contributed by atoms with Crippen LogP contribution in [0.25, 0.3) is 0 Å². The third kappa shape index (κ3) is 6.48. The van der Waals surface area contributed by atoms with Crippen LogP contribution in [0.1, 0.15) is 11.1 Å². The van der Waals surface area contributed by atoms with E-state index in [4.69, 9.17) is 9.84 Å². The number of aliphatic hydroxyl groups excluding tert-OH is 1. The molecular weight excluding hydrogens is 287 g/mol. The second-order valence-corrected chi connectivity index (χ2v) is 4.77. The molecule has 0 aliphatic heterocycles. The first-order chi connectivity index (χ1) is 9.71. The lowest BCUT2D eigenvalue weighted by Crippen LogP contribution is -2.42. The lowest BCUT2D eigenvalue weighted by Gasteiger charge is -2.23. The molecular formula is C14H18F3NO3. The number of aliphatic hydroxyl groups is 1. The maximum atomic E-state index is 12.3. The minimum absolute atomic E-state index is 0.380. The number of halogens is 3. The summed E-state index contributed by atoms with van der Waals surface area (Å²) in [4.78, 5) is 12.3. The van der Waals surface area contributed by atoms with E-state index in [1.54, 1.807) is 12.1 Å². The number of carbonyl (C=O) groups excluding carboxylic acids is 1. The van der Waals surface area contributed by atoms with Crippen molar-refractivity contribution in [3.05, 3.63) is 29.3 Å². The first-order valence-electron chi connectivity index (χ1n) is 6.38. The van der Waals surface area contributed by atoms with Crippen LogP contribution in [0.4, 0.5) is 13.2 Å². The van der Waals surface area contributed by atoms with Crippen molar-refractivity contribution >= 4 is 5.91 Å². The van der Waals surface area contributed by atoms with Crippen LogP contribution in [0, 0.1) is 13.8 Å². The summed E-state index contributed by atoms with van der Waals surface area (Å²) < 4.78 is 42.3. The Balaban J connectivity index is 2.64. The summed E-state index contributed by atoms with van der Waals surface area (Å²) in [6, 6.07) is 5.30. The summed E-state index contributed by atoms with van der Waals surface area (Å²) in [6.45, 7) is 0.883. The minimum Gasteiger partial charge on any atom is -0.484 e. The van der Waals surface area contributed by atoms with Crippen LogP contribution in [0.5, 0.6) is 5.75 Å². The van der Waals surface area contributed by atoms with Gasteiger partial charge in [0.2, 0.25) is 0 Å². The van der Waals surface area contributed by atoms with Gasteiger partial charge in [-0.05, 0) is 37.1 Å². The van der Waals surface area contributed by atoms with Gasteiger partial charge in [0.1, 0.15) is 12.3 Å². The van der Waals surface area contributed by atoms with Crippen molar-refractivity contribution in [2.75, 3.05) is 26.3 Å². The van der Waals surface area contributed by atoms with Crippen LogP contribution < -0.4 is 4.74 Å². The molecule has 7 heteroatoms. The molecule has 0 aliphatic rings. The second kappa shape index (κ2) is 7.31. The number of aryl methyl sites for hydroxylation is 2. The summed E-state index contributed by atoms with van der Waals surface area (Å²) >= 11 is 0. The van der Waals surface area contributed by atoms with Gasteiger partial charge in [-0.25, -0.2) is 0 Å². The number of alkyl halides is 3. The number of rotatable bonds is 6. The van der Waals surface area contributed by atoms with Gasteiger partial charge in [0.05, 0.1) is 6.61 Å². The van der Waals surface area contributed by atoms with Crippen molar-refractivity contribution < 1.29 is 27.8 Å². The van der Waals surface area contributed by atoms with E-state index in [9.17, 15) is 18.0 Å². The van der Waals surface area contributed by atoms with Crippen LogP contribution in [0.15, 0.2) is 18.2 Å². The lowest BCUT2D eigenvalue weighted by atomic mass is 10.1. The number of carbonyl (C=O) groups is 1. The molecule has 0 heterocycles. The van der Waals surface area contributed by atoms with Crippen molar-refractivity contribution in [2.45, 2.75) is 20.0 Å². The Morgan fingerprint density at radius 2 is 1.81 bits per heavy atom. The molecule has 1 amide bonds. The molecule has 118 valence electrons. The summed E-state index contributed by atoms with van der Waals surface area (Å²) in [5.41, 5.74) is 1.86. The van der Waals surface area contributed by atoms with Gasteiger partial charge in [0.25, 0.3) is 5.91 Å². The molecule has 0 radical (unpaired) electrons. The predicted molar refractivity (Wildman–Crippen MR) is 71.1 cm³/mol. The van der Waals surface area contributed by atoms with Gasteiger partial charge >= 0.3 is 6.18 Å². The van der Waals surface area contributed by atoms with Gasteiger partial charge in [-0.2, -0.15) is 13.2 Å². The molecule has 1 N–H and O–H groups in total. The van der Waals surface area contributed by atoms with E-state index in [1.165, 1.54) is 0 Å². The first kappa shape index (κ1) is 17.3. The standard InChI is InChI=1S/C14H18F3NO3/c1-10-5-11(2)7-12(6-10)21-8-13(20)18(3-4-19)9-14(15,16)17/h5-7,19H,3-4,8-9H2,1-2H3. The smallest absolute Gasteiger partial charge is 0.406 e. The van der Waals surface area contributed by atoms with Crippen LogP contribution in [0.2, 0.25) is 0 Å². The zero-order valence-electron chi connectivity index (χ0n) is 11.9. The fourth-order valence-corrected chi connectivity index (χ4v) is 1.88. The monoisotopic (exact) mass is 305 g/mol. The molecule has 4 nitrogen and oxygen atoms in total. The molecule has 0 bridgehead atoms. The Kier molecular flexibility index (Phi) is 6.02. The van der Waals surface area contributed by atoms with Gasteiger partial charge in [0, 0.05) is 6.54 Å². The summed E-state index contributed by atoms with van der Waals surface area (Å²) in [7, 11) is 0. The zero-order valence-corrected chi connectivity index (χ0v) is 11.9. The lowest BCUT2D eigenvalue weighted by molar-refractivity contribution is -0.163. The van der Waals surface area contributed by atoms with E-state index >= 15 is 0 Å². The average Bonchev–Trinajstić information content (AvgIpc) is 2.32. The Hall–Kier alpha value is -1.76. The number of hydrogen-bond donors (Lipinski definition) is 1. The molecule has 1 aromatic carbocycles. The van der Waals surface area contributed by atoms with Gasteiger partial charge in [-0.15, -0.1) is 0 Å². The maximum absolute atomic E-state index is 12.3. The van der Waals surface area contributed by atoms with Crippen LogP contribution >= 0.6 is 0 Å². The normalized spacial score (nSPS) is 11.3. The van der Waals surface area contributed by atoms with E-state index in [0.29, 0.717) is 10.6 Å². The highest BCUT2D eigenvalue weighted by Gasteiger charge is 2.32. The number of benzene rings is 1. The summed E-state index contributed by atoms with van der Waals surface area (Å²) in [5.74, 6) is -0.391. The van der Waals surface area contributed by atoms with E-state index in [1.807, 2.05) is 19.9 Å². The fraction of sp³-hybridized carbons (Fsp3) is 0.500. The minimum atomic E-state index is -4.51. The molecule has 0 aromatic heterocycles. The number of ether oxygens (including phenoxy) is 1. The van der Waals surface area contributed by atoms with Gasteiger partial charge in [0.15, 0.2) is 6.61 Å². The van der Waals surface area contributed by atoms with E-state index in [0.717, 1.165) is 11.1 Å². The highest BCUT2D eigenvalue weighted by Crippen LogP contribution is 2.18. The molecule has 0 aliphatic carbocycles. The number of amides is 1. The highest BCUT2D eigenvalue weighted by molar-refractivity contribution is 5.77. The van der Waals surface area contributed by atoms with E-state index in [-0.39, 0.29) is 6.54 Å². The summed E-state index contributed by atoms with van der Waals surface area (Å²) in [5, 5.41) is 8.74.